The van der Waals surface area contributed by atoms with Crippen molar-refractivity contribution < 1.29 is 14.2 Å². The Morgan fingerprint density at radius 1 is 1.21 bits per heavy atom. The molecule has 0 aromatic heterocycles. The summed E-state index contributed by atoms with van der Waals surface area (Å²) < 4.78 is 19.5. The van der Waals surface area contributed by atoms with Crippen molar-refractivity contribution in [3.63, 3.8) is 0 Å². The van der Waals surface area contributed by atoms with Gasteiger partial charge in [0.2, 0.25) is 0 Å². The largest absolute Gasteiger partial charge is 0.491 e. The Bertz CT molecular complexity index is 672. The number of nitrogens with zero attached hydrogens (tertiary/aromatic N) is 1. The van der Waals surface area contributed by atoms with Crippen molar-refractivity contribution in [2.45, 2.75) is 38.5 Å². The van der Waals surface area contributed by atoms with Crippen molar-refractivity contribution in [3.05, 3.63) is 65.5 Å². The predicted molar refractivity (Wildman–Crippen MR) is 92.5 cm³/mol. The van der Waals surface area contributed by atoms with Gasteiger partial charge in [0.15, 0.2) is 0 Å². The molecule has 0 saturated heterocycles. The van der Waals surface area contributed by atoms with Gasteiger partial charge < -0.3 is 9.84 Å². The second kappa shape index (κ2) is 7.77. The highest BCUT2D eigenvalue weighted by Gasteiger charge is 2.30. The standard InChI is InChI=1S/C20H24FNO2/c1-15-5-4-7-19(11-15)24-14-18(23)13-22(17-9-10-17)12-16-6-2-3-8-20(16)21/h2-8,11,17-18,23H,9-10,12-14H2,1H3. The molecule has 0 amide bonds. The van der Waals surface area contributed by atoms with Crippen LogP contribution >= 0.6 is 0 Å². The lowest BCUT2D eigenvalue weighted by atomic mass is 10.2. The summed E-state index contributed by atoms with van der Waals surface area (Å²) in [4.78, 5) is 2.16. The summed E-state index contributed by atoms with van der Waals surface area (Å²) in [5.74, 6) is 0.578. The van der Waals surface area contributed by atoms with E-state index in [0.29, 0.717) is 24.7 Å². The summed E-state index contributed by atoms with van der Waals surface area (Å²) in [7, 11) is 0. The van der Waals surface area contributed by atoms with Gasteiger partial charge in [-0.25, -0.2) is 4.39 Å². The molecule has 1 fully saturated rings. The summed E-state index contributed by atoms with van der Waals surface area (Å²) in [6.07, 6.45) is 1.62. The van der Waals surface area contributed by atoms with Crippen LogP contribution in [0.2, 0.25) is 0 Å². The fourth-order valence-corrected chi connectivity index (χ4v) is 2.85. The normalized spacial score (nSPS) is 15.5. The minimum Gasteiger partial charge on any atom is -0.491 e. The average molecular weight is 329 g/mol. The van der Waals surface area contributed by atoms with E-state index < -0.39 is 6.10 Å². The molecule has 3 rings (SSSR count). The second-order valence-electron chi connectivity index (χ2n) is 6.53. The van der Waals surface area contributed by atoms with Crippen molar-refractivity contribution in [2.75, 3.05) is 13.2 Å². The SMILES string of the molecule is Cc1cccc(OCC(O)CN(Cc2ccccc2F)C2CC2)c1. The Labute approximate surface area is 142 Å². The van der Waals surface area contributed by atoms with Crippen LogP contribution in [0.25, 0.3) is 0 Å². The van der Waals surface area contributed by atoms with Crippen molar-refractivity contribution in [1.82, 2.24) is 4.90 Å². The molecule has 2 aromatic rings. The molecule has 0 radical (unpaired) electrons. The average Bonchev–Trinajstić information content (AvgIpc) is 3.39. The van der Waals surface area contributed by atoms with E-state index in [1.165, 1.54) is 6.07 Å². The van der Waals surface area contributed by atoms with Gasteiger partial charge in [-0.3, -0.25) is 4.90 Å². The molecule has 2 aromatic carbocycles. The van der Waals surface area contributed by atoms with Crippen molar-refractivity contribution in [1.29, 1.82) is 0 Å². The van der Waals surface area contributed by atoms with Crippen LogP contribution in [0.15, 0.2) is 48.5 Å². The van der Waals surface area contributed by atoms with Gasteiger partial charge in [0, 0.05) is 24.7 Å². The number of aliphatic hydroxyl groups is 1. The molecule has 0 spiro atoms. The molecule has 24 heavy (non-hydrogen) atoms. The maximum absolute atomic E-state index is 13.9. The number of hydrogen-bond acceptors (Lipinski definition) is 3. The fraction of sp³-hybridized carbons (Fsp3) is 0.400. The molecular weight excluding hydrogens is 305 g/mol. The zero-order valence-electron chi connectivity index (χ0n) is 14.0. The first-order chi connectivity index (χ1) is 11.6. The van der Waals surface area contributed by atoms with Crippen LogP contribution in [0.3, 0.4) is 0 Å². The molecule has 1 atom stereocenters. The summed E-state index contributed by atoms with van der Waals surface area (Å²) in [6, 6.07) is 15.1. The number of rotatable bonds is 8. The third kappa shape index (κ3) is 4.79. The van der Waals surface area contributed by atoms with Crippen LogP contribution in [0.4, 0.5) is 4.39 Å². The smallest absolute Gasteiger partial charge is 0.127 e. The van der Waals surface area contributed by atoms with Crippen LogP contribution in [-0.4, -0.2) is 35.3 Å². The van der Waals surface area contributed by atoms with E-state index in [9.17, 15) is 9.50 Å². The predicted octanol–water partition coefficient (Wildman–Crippen LogP) is 3.54. The van der Waals surface area contributed by atoms with Gasteiger partial charge in [-0.2, -0.15) is 0 Å². The highest BCUT2D eigenvalue weighted by atomic mass is 19.1. The van der Waals surface area contributed by atoms with E-state index in [1.807, 2.05) is 37.3 Å². The Balaban J connectivity index is 1.54. The van der Waals surface area contributed by atoms with E-state index in [0.717, 1.165) is 24.2 Å². The van der Waals surface area contributed by atoms with E-state index in [1.54, 1.807) is 12.1 Å². The zero-order valence-corrected chi connectivity index (χ0v) is 14.0. The fourth-order valence-electron chi connectivity index (χ4n) is 2.85. The summed E-state index contributed by atoms with van der Waals surface area (Å²) in [5, 5.41) is 10.3. The molecule has 3 nitrogen and oxygen atoms in total. The molecular formula is C20H24FNO2. The van der Waals surface area contributed by atoms with Crippen LogP contribution in [0, 0.1) is 12.7 Å². The van der Waals surface area contributed by atoms with Crippen LogP contribution in [0.5, 0.6) is 5.75 Å². The van der Waals surface area contributed by atoms with E-state index in [4.69, 9.17) is 4.74 Å². The molecule has 128 valence electrons. The Kier molecular flexibility index (Phi) is 5.48. The van der Waals surface area contributed by atoms with E-state index in [2.05, 4.69) is 4.90 Å². The van der Waals surface area contributed by atoms with Gasteiger partial charge in [-0.05, 0) is 43.5 Å². The molecule has 1 saturated carbocycles. The molecule has 1 unspecified atom stereocenters. The van der Waals surface area contributed by atoms with Gasteiger partial charge in [0.05, 0.1) is 0 Å². The number of benzene rings is 2. The van der Waals surface area contributed by atoms with Gasteiger partial charge >= 0.3 is 0 Å². The molecule has 0 heterocycles. The molecule has 1 N–H and O–H groups in total. The molecule has 1 aliphatic rings. The lowest BCUT2D eigenvalue weighted by molar-refractivity contribution is 0.0622. The topological polar surface area (TPSA) is 32.7 Å². The van der Waals surface area contributed by atoms with Crippen molar-refractivity contribution in [3.8, 4) is 5.75 Å². The number of ether oxygens (including phenoxy) is 1. The van der Waals surface area contributed by atoms with Crippen LogP contribution in [0.1, 0.15) is 24.0 Å². The Morgan fingerprint density at radius 3 is 2.71 bits per heavy atom. The minimum atomic E-state index is -0.599. The highest BCUT2D eigenvalue weighted by molar-refractivity contribution is 5.27. The summed E-state index contributed by atoms with van der Waals surface area (Å²) in [5.41, 5.74) is 1.80. The van der Waals surface area contributed by atoms with E-state index in [-0.39, 0.29) is 12.4 Å². The van der Waals surface area contributed by atoms with Gasteiger partial charge in [0.25, 0.3) is 0 Å². The van der Waals surface area contributed by atoms with Gasteiger partial charge in [-0.15, -0.1) is 0 Å². The lowest BCUT2D eigenvalue weighted by Gasteiger charge is -2.25. The monoisotopic (exact) mass is 329 g/mol. The third-order valence-electron chi connectivity index (χ3n) is 4.27. The quantitative estimate of drug-likeness (QED) is 0.804. The summed E-state index contributed by atoms with van der Waals surface area (Å²) in [6.45, 7) is 3.26. The highest BCUT2D eigenvalue weighted by Crippen LogP contribution is 2.29. The molecule has 0 bridgehead atoms. The maximum Gasteiger partial charge on any atom is 0.127 e. The first-order valence-electron chi connectivity index (χ1n) is 8.47. The van der Waals surface area contributed by atoms with Crippen LogP contribution in [-0.2, 0) is 6.54 Å². The number of aryl methyl sites for hydroxylation is 1. The molecule has 1 aliphatic carbocycles. The molecule has 0 aliphatic heterocycles. The van der Waals surface area contributed by atoms with E-state index >= 15 is 0 Å². The van der Waals surface area contributed by atoms with Crippen molar-refractivity contribution in [2.24, 2.45) is 0 Å². The maximum atomic E-state index is 13.9. The minimum absolute atomic E-state index is 0.186. The Morgan fingerprint density at radius 2 is 2.00 bits per heavy atom. The lowest BCUT2D eigenvalue weighted by Crippen LogP contribution is -2.37. The van der Waals surface area contributed by atoms with Crippen LogP contribution < -0.4 is 4.74 Å². The first-order valence-corrected chi connectivity index (χ1v) is 8.47. The zero-order chi connectivity index (χ0) is 16.9. The van der Waals surface area contributed by atoms with Crippen molar-refractivity contribution >= 4 is 0 Å². The summed E-state index contributed by atoms with van der Waals surface area (Å²) >= 11 is 0. The molecule has 4 heteroatoms. The first kappa shape index (κ1) is 16.9. The Hall–Kier alpha value is -1.91. The van der Waals surface area contributed by atoms with Gasteiger partial charge in [-0.1, -0.05) is 30.3 Å². The van der Waals surface area contributed by atoms with Gasteiger partial charge in [0.1, 0.15) is 24.3 Å². The second-order valence-corrected chi connectivity index (χ2v) is 6.53. The third-order valence-corrected chi connectivity index (χ3v) is 4.27. The number of hydrogen-bond donors (Lipinski definition) is 1. The number of aliphatic hydroxyl groups excluding tert-OH is 1. The number of halogens is 1.